The predicted molar refractivity (Wildman–Crippen MR) is 88.1 cm³/mol. The van der Waals surface area contributed by atoms with E-state index in [1.165, 1.54) is 0 Å². The number of furan rings is 1. The number of anilines is 1. The van der Waals surface area contributed by atoms with Gasteiger partial charge in [-0.15, -0.1) is 0 Å². The van der Waals surface area contributed by atoms with Crippen LogP contribution in [0, 0.1) is 0 Å². The lowest BCUT2D eigenvalue weighted by atomic mass is 10.3. The molecule has 0 amide bonds. The second kappa shape index (κ2) is 6.64. The predicted octanol–water partition coefficient (Wildman–Crippen LogP) is 4.28. The Balaban J connectivity index is 1.77. The van der Waals surface area contributed by atoms with Gasteiger partial charge in [0, 0.05) is 24.2 Å². The van der Waals surface area contributed by atoms with E-state index >= 15 is 0 Å². The third kappa shape index (κ3) is 3.67. The summed E-state index contributed by atoms with van der Waals surface area (Å²) in [5, 5.41) is 0.666. The van der Waals surface area contributed by atoms with Gasteiger partial charge in [-0.1, -0.05) is 17.7 Å². The lowest BCUT2D eigenvalue weighted by Crippen LogP contribution is -2.36. The molecule has 2 aromatic rings. The van der Waals surface area contributed by atoms with Crippen LogP contribution >= 0.6 is 27.5 Å². The van der Waals surface area contributed by atoms with Crippen molar-refractivity contribution >= 4 is 45.3 Å². The summed E-state index contributed by atoms with van der Waals surface area (Å²) >= 11 is 9.47. The summed E-state index contributed by atoms with van der Waals surface area (Å²) in [5.74, 6) is 1.52. The maximum atomic E-state index is 5.93. The monoisotopic (exact) mass is 368 g/mol. The van der Waals surface area contributed by atoms with Gasteiger partial charge in [0.1, 0.15) is 5.76 Å². The molecule has 0 saturated carbocycles. The Bertz CT molecular complexity index is 651. The number of aliphatic imine (C=N–C) groups is 1. The third-order valence-electron chi connectivity index (χ3n) is 3.14. The van der Waals surface area contributed by atoms with Crippen molar-refractivity contribution in [3.63, 3.8) is 0 Å². The lowest BCUT2D eigenvalue weighted by molar-refractivity contribution is 0.120. The third-order valence-corrected chi connectivity index (χ3v) is 3.94. The van der Waals surface area contributed by atoms with Crippen molar-refractivity contribution < 1.29 is 9.15 Å². The van der Waals surface area contributed by atoms with Gasteiger partial charge in [0.05, 0.1) is 29.6 Å². The smallest absolute Gasteiger partial charge is 0.210 e. The number of nitrogens with zero attached hydrogens (tertiary/aromatic N) is 2. The molecule has 21 heavy (non-hydrogen) atoms. The van der Waals surface area contributed by atoms with E-state index in [-0.39, 0.29) is 0 Å². The SMILES string of the molecule is Clc1cccc(N=Cc2cc(Br)c(N3CCOCC3)o2)c1. The number of hydrogen-bond donors (Lipinski definition) is 0. The molecule has 1 aromatic heterocycles. The van der Waals surface area contributed by atoms with E-state index in [1.54, 1.807) is 12.3 Å². The van der Waals surface area contributed by atoms with E-state index in [0.29, 0.717) is 10.8 Å². The van der Waals surface area contributed by atoms with Crippen LogP contribution in [0.3, 0.4) is 0 Å². The maximum absolute atomic E-state index is 5.93. The molecular weight excluding hydrogens is 356 g/mol. The molecular formula is C15H14BrClN2O2. The average Bonchev–Trinajstić information content (AvgIpc) is 2.87. The van der Waals surface area contributed by atoms with Crippen LogP contribution in [0.4, 0.5) is 11.6 Å². The second-order valence-corrected chi connectivity index (χ2v) is 5.93. The van der Waals surface area contributed by atoms with Gasteiger partial charge in [-0.3, -0.25) is 4.99 Å². The van der Waals surface area contributed by atoms with E-state index in [9.17, 15) is 0 Å². The van der Waals surface area contributed by atoms with E-state index in [0.717, 1.165) is 42.3 Å². The summed E-state index contributed by atoms with van der Waals surface area (Å²) in [6.07, 6.45) is 1.69. The zero-order chi connectivity index (χ0) is 14.7. The van der Waals surface area contributed by atoms with Gasteiger partial charge < -0.3 is 14.1 Å². The van der Waals surface area contributed by atoms with E-state index in [4.69, 9.17) is 20.8 Å². The summed E-state index contributed by atoms with van der Waals surface area (Å²) in [5.41, 5.74) is 0.794. The van der Waals surface area contributed by atoms with Crippen molar-refractivity contribution in [3.8, 4) is 0 Å². The fourth-order valence-electron chi connectivity index (χ4n) is 2.12. The van der Waals surface area contributed by atoms with Gasteiger partial charge in [-0.25, -0.2) is 0 Å². The highest BCUT2D eigenvalue weighted by Gasteiger charge is 2.18. The Labute approximate surface area is 136 Å². The quantitative estimate of drug-likeness (QED) is 0.758. The molecule has 1 fully saturated rings. The normalized spacial score (nSPS) is 15.8. The summed E-state index contributed by atoms with van der Waals surface area (Å²) in [4.78, 5) is 6.53. The molecule has 0 unspecified atom stereocenters. The van der Waals surface area contributed by atoms with Crippen molar-refractivity contribution in [2.75, 3.05) is 31.2 Å². The van der Waals surface area contributed by atoms with Crippen LogP contribution in [-0.2, 0) is 4.74 Å². The molecule has 1 aliphatic rings. The average molecular weight is 370 g/mol. The second-order valence-electron chi connectivity index (χ2n) is 4.64. The van der Waals surface area contributed by atoms with Crippen LogP contribution in [0.1, 0.15) is 5.76 Å². The first-order chi connectivity index (χ1) is 10.2. The summed E-state index contributed by atoms with van der Waals surface area (Å²) < 4.78 is 12.1. The molecule has 1 saturated heterocycles. The molecule has 6 heteroatoms. The van der Waals surface area contributed by atoms with Crippen molar-refractivity contribution in [1.82, 2.24) is 0 Å². The first kappa shape index (κ1) is 14.6. The minimum absolute atomic E-state index is 0.666. The molecule has 3 rings (SSSR count). The Hall–Kier alpha value is -1.30. The Morgan fingerprint density at radius 2 is 2.05 bits per heavy atom. The van der Waals surface area contributed by atoms with E-state index in [2.05, 4.69) is 25.8 Å². The number of morpholine rings is 1. The van der Waals surface area contributed by atoms with Gasteiger partial charge in [0.2, 0.25) is 5.88 Å². The van der Waals surface area contributed by atoms with Crippen molar-refractivity contribution in [1.29, 1.82) is 0 Å². The molecule has 0 bridgehead atoms. The molecule has 0 N–H and O–H groups in total. The molecule has 2 heterocycles. The summed E-state index contributed by atoms with van der Waals surface area (Å²) in [6, 6.07) is 9.30. The Morgan fingerprint density at radius 3 is 2.81 bits per heavy atom. The van der Waals surface area contributed by atoms with Gasteiger partial charge in [0.15, 0.2) is 0 Å². The highest BCUT2D eigenvalue weighted by molar-refractivity contribution is 9.10. The zero-order valence-electron chi connectivity index (χ0n) is 11.3. The van der Waals surface area contributed by atoms with E-state index in [1.807, 2.05) is 24.3 Å². The lowest BCUT2D eigenvalue weighted by Gasteiger charge is -2.26. The summed E-state index contributed by atoms with van der Waals surface area (Å²) in [7, 11) is 0. The summed E-state index contributed by atoms with van der Waals surface area (Å²) in [6.45, 7) is 3.10. The number of rotatable bonds is 3. The van der Waals surface area contributed by atoms with Crippen molar-refractivity contribution in [2.45, 2.75) is 0 Å². The largest absolute Gasteiger partial charge is 0.438 e. The fourth-order valence-corrected chi connectivity index (χ4v) is 2.86. The molecule has 110 valence electrons. The number of ether oxygens (including phenoxy) is 1. The molecule has 4 nitrogen and oxygen atoms in total. The van der Waals surface area contributed by atoms with Crippen LogP contribution in [0.25, 0.3) is 0 Å². The highest BCUT2D eigenvalue weighted by atomic mass is 79.9. The topological polar surface area (TPSA) is 38.0 Å². The number of benzene rings is 1. The molecule has 0 atom stereocenters. The van der Waals surface area contributed by atoms with Crippen LogP contribution in [0.2, 0.25) is 5.02 Å². The van der Waals surface area contributed by atoms with E-state index < -0.39 is 0 Å². The van der Waals surface area contributed by atoms with Gasteiger partial charge in [0.25, 0.3) is 0 Å². The van der Waals surface area contributed by atoms with Crippen LogP contribution in [0.5, 0.6) is 0 Å². The number of halogens is 2. The van der Waals surface area contributed by atoms with Crippen molar-refractivity contribution in [3.05, 3.63) is 45.6 Å². The highest BCUT2D eigenvalue weighted by Crippen LogP contribution is 2.30. The van der Waals surface area contributed by atoms with Crippen LogP contribution < -0.4 is 4.90 Å². The first-order valence-electron chi connectivity index (χ1n) is 6.64. The molecule has 0 radical (unpaired) electrons. The standard InChI is InChI=1S/C15H14BrClN2O2/c16-14-9-13(10-18-12-3-1-2-11(17)8-12)21-15(14)19-4-6-20-7-5-19/h1-3,8-10H,4-7H2. The molecule has 1 aliphatic heterocycles. The van der Waals surface area contributed by atoms with Gasteiger partial charge in [-0.2, -0.15) is 0 Å². The molecule has 0 aliphatic carbocycles. The molecule has 1 aromatic carbocycles. The molecule has 0 spiro atoms. The fraction of sp³-hybridized carbons (Fsp3) is 0.267. The minimum Gasteiger partial charge on any atom is -0.438 e. The first-order valence-corrected chi connectivity index (χ1v) is 7.81. The van der Waals surface area contributed by atoms with Crippen molar-refractivity contribution in [2.24, 2.45) is 4.99 Å². The Kier molecular flexibility index (Phi) is 4.63. The number of hydrogen-bond acceptors (Lipinski definition) is 4. The van der Waals surface area contributed by atoms with Gasteiger partial charge in [-0.05, 0) is 34.1 Å². The minimum atomic E-state index is 0.666. The van der Waals surface area contributed by atoms with Crippen LogP contribution in [0.15, 0.2) is 44.2 Å². The van der Waals surface area contributed by atoms with Gasteiger partial charge >= 0.3 is 0 Å². The zero-order valence-corrected chi connectivity index (χ0v) is 13.6. The maximum Gasteiger partial charge on any atom is 0.210 e. The van der Waals surface area contributed by atoms with Crippen LogP contribution in [-0.4, -0.2) is 32.5 Å². The Morgan fingerprint density at radius 1 is 1.24 bits per heavy atom.